The molecule has 0 spiro atoms. The van der Waals surface area contributed by atoms with Gasteiger partial charge in [0.1, 0.15) is 12.1 Å². The molecular weight excluding hydrogens is 292 g/mol. The zero-order valence-corrected chi connectivity index (χ0v) is 13.4. The van der Waals surface area contributed by atoms with Crippen molar-refractivity contribution in [3.8, 4) is 6.07 Å². The van der Waals surface area contributed by atoms with Crippen LogP contribution in [0.2, 0.25) is 0 Å². The van der Waals surface area contributed by atoms with Gasteiger partial charge in [-0.15, -0.1) is 6.58 Å². The van der Waals surface area contributed by atoms with E-state index in [9.17, 15) is 9.59 Å². The van der Waals surface area contributed by atoms with E-state index in [4.69, 9.17) is 10.00 Å². The minimum Gasteiger partial charge on any atom is -0.449 e. The fraction of sp³-hybridized carbons (Fsp3) is 0.389. The summed E-state index contributed by atoms with van der Waals surface area (Å²) in [6.07, 6.45) is 3.62. The van der Waals surface area contributed by atoms with Crippen molar-refractivity contribution >= 4 is 11.9 Å². The van der Waals surface area contributed by atoms with Gasteiger partial charge in [-0.1, -0.05) is 36.4 Å². The summed E-state index contributed by atoms with van der Waals surface area (Å²) < 4.78 is 4.90. The lowest BCUT2D eigenvalue weighted by atomic mass is 10.0. The van der Waals surface area contributed by atoms with Crippen LogP contribution >= 0.6 is 0 Å². The lowest BCUT2D eigenvalue weighted by Gasteiger charge is -2.26. The molecule has 23 heavy (non-hydrogen) atoms. The van der Waals surface area contributed by atoms with Gasteiger partial charge in [-0.2, -0.15) is 5.26 Å². The summed E-state index contributed by atoms with van der Waals surface area (Å²) in [7, 11) is 1.59. The van der Waals surface area contributed by atoms with Gasteiger partial charge in [0.05, 0.1) is 0 Å². The molecule has 0 fully saturated rings. The van der Waals surface area contributed by atoms with E-state index >= 15 is 0 Å². The molecular formula is C18H22N2O3. The second-order valence-corrected chi connectivity index (χ2v) is 5.14. The number of rotatable bonds is 9. The molecule has 5 heteroatoms. The Labute approximate surface area is 137 Å². The van der Waals surface area contributed by atoms with E-state index < -0.39 is 12.0 Å². The van der Waals surface area contributed by atoms with Gasteiger partial charge in [0, 0.05) is 13.5 Å². The fourth-order valence-corrected chi connectivity index (χ4v) is 2.19. The van der Waals surface area contributed by atoms with Crippen LogP contribution in [0.1, 0.15) is 24.8 Å². The van der Waals surface area contributed by atoms with E-state index in [-0.39, 0.29) is 12.5 Å². The summed E-state index contributed by atoms with van der Waals surface area (Å²) in [5.41, 5.74) is 1.08. The molecule has 0 saturated carbocycles. The minimum absolute atomic E-state index is 0.142. The molecule has 1 atom stereocenters. The van der Waals surface area contributed by atoms with Gasteiger partial charge in [0.2, 0.25) is 5.91 Å². The molecule has 1 rings (SSSR count). The number of esters is 1. The number of aryl methyl sites for hydroxylation is 1. The summed E-state index contributed by atoms with van der Waals surface area (Å²) in [6.45, 7) is 3.28. The first-order chi connectivity index (χ1) is 11.1. The predicted octanol–water partition coefficient (Wildman–Crippen LogP) is 2.48. The number of nitrogens with zero attached hydrogens (tertiary/aromatic N) is 2. The van der Waals surface area contributed by atoms with Gasteiger partial charge in [0.15, 0.2) is 6.61 Å². The quantitative estimate of drug-likeness (QED) is 0.518. The normalized spacial score (nSPS) is 11.1. The molecule has 0 heterocycles. The molecule has 0 aliphatic heterocycles. The summed E-state index contributed by atoms with van der Waals surface area (Å²) in [5.74, 6) is -0.686. The van der Waals surface area contributed by atoms with E-state index in [1.807, 2.05) is 30.3 Å². The monoisotopic (exact) mass is 314 g/mol. The summed E-state index contributed by atoms with van der Waals surface area (Å²) in [5, 5.41) is 8.55. The highest BCUT2D eigenvalue weighted by Gasteiger charge is 2.27. The predicted molar refractivity (Wildman–Crippen MR) is 87.3 cm³/mol. The summed E-state index contributed by atoms with van der Waals surface area (Å²) in [6, 6.07) is 10.8. The van der Waals surface area contributed by atoms with Crippen molar-refractivity contribution in [1.82, 2.24) is 4.90 Å². The van der Waals surface area contributed by atoms with Gasteiger partial charge in [-0.05, 0) is 24.8 Å². The highest BCUT2D eigenvalue weighted by Crippen LogP contribution is 2.12. The Balaban J connectivity index is 2.75. The molecule has 1 aromatic carbocycles. The number of hydrogen-bond acceptors (Lipinski definition) is 4. The Morgan fingerprint density at radius 3 is 2.70 bits per heavy atom. The van der Waals surface area contributed by atoms with E-state index in [2.05, 4.69) is 6.58 Å². The van der Waals surface area contributed by atoms with Gasteiger partial charge in [0.25, 0.3) is 0 Å². The van der Waals surface area contributed by atoms with Crippen molar-refractivity contribution in [2.24, 2.45) is 0 Å². The van der Waals surface area contributed by atoms with Crippen molar-refractivity contribution in [3.05, 3.63) is 48.6 Å². The third-order valence-electron chi connectivity index (χ3n) is 3.52. The zero-order chi connectivity index (χ0) is 17.1. The number of nitriles is 1. The molecule has 122 valence electrons. The van der Waals surface area contributed by atoms with Gasteiger partial charge in [-0.3, -0.25) is 4.79 Å². The maximum atomic E-state index is 12.2. The summed E-state index contributed by atoms with van der Waals surface area (Å²) >= 11 is 0. The van der Waals surface area contributed by atoms with E-state index in [1.54, 1.807) is 19.2 Å². The highest BCUT2D eigenvalue weighted by atomic mass is 16.5. The standard InChI is InChI=1S/C18H22N2O3/c1-3-4-10-17(21)20(2)16(18(22)23-14-13-19)12-11-15-8-6-5-7-9-15/h3,5-9,16H,1,4,10-12,14H2,2H3/t16-/m0/s1. The third-order valence-corrected chi connectivity index (χ3v) is 3.52. The largest absolute Gasteiger partial charge is 0.449 e. The number of ether oxygens (including phenoxy) is 1. The van der Waals surface area contributed by atoms with Crippen LogP contribution in [0, 0.1) is 11.3 Å². The van der Waals surface area contributed by atoms with Crippen LogP contribution in [0.15, 0.2) is 43.0 Å². The van der Waals surface area contributed by atoms with Gasteiger partial charge >= 0.3 is 5.97 Å². The van der Waals surface area contributed by atoms with Crippen molar-refractivity contribution in [2.75, 3.05) is 13.7 Å². The van der Waals surface area contributed by atoms with Crippen molar-refractivity contribution < 1.29 is 14.3 Å². The Morgan fingerprint density at radius 1 is 1.39 bits per heavy atom. The Bertz CT molecular complexity index is 563. The maximum Gasteiger partial charge on any atom is 0.329 e. The molecule has 5 nitrogen and oxygen atoms in total. The van der Waals surface area contributed by atoms with Crippen LogP contribution in [0.25, 0.3) is 0 Å². The molecule has 0 aliphatic rings. The Kier molecular flexibility index (Phi) is 8.16. The molecule has 0 saturated heterocycles. The third kappa shape index (κ3) is 6.35. The van der Waals surface area contributed by atoms with Crippen LogP contribution in [0.4, 0.5) is 0 Å². The second kappa shape index (κ2) is 10.2. The number of amides is 1. The van der Waals surface area contributed by atoms with Crippen LogP contribution in [-0.2, 0) is 20.7 Å². The van der Waals surface area contributed by atoms with Crippen molar-refractivity contribution in [3.63, 3.8) is 0 Å². The first kappa shape index (κ1) is 18.4. The maximum absolute atomic E-state index is 12.2. The first-order valence-electron chi connectivity index (χ1n) is 7.54. The van der Waals surface area contributed by atoms with E-state index in [1.165, 1.54) is 4.90 Å². The lowest BCUT2D eigenvalue weighted by molar-refractivity contribution is -0.153. The Hall–Kier alpha value is -2.61. The number of carbonyl (C=O) groups excluding carboxylic acids is 2. The number of allylic oxidation sites excluding steroid dienone is 1. The Morgan fingerprint density at radius 2 is 2.09 bits per heavy atom. The van der Waals surface area contributed by atoms with Crippen LogP contribution in [0.3, 0.4) is 0 Å². The smallest absolute Gasteiger partial charge is 0.329 e. The number of carbonyl (C=O) groups is 2. The zero-order valence-electron chi connectivity index (χ0n) is 13.4. The minimum atomic E-state index is -0.694. The molecule has 1 aromatic rings. The molecule has 0 aliphatic carbocycles. The second-order valence-electron chi connectivity index (χ2n) is 5.14. The SMILES string of the molecule is C=CCCC(=O)N(C)[C@@H](CCc1ccccc1)C(=O)OCC#N. The lowest BCUT2D eigenvalue weighted by Crippen LogP contribution is -2.43. The molecule has 0 bridgehead atoms. The van der Waals surface area contributed by atoms with Crippen LogP contribution in [0.5, 0.6) is 0 Å². The highest BCUT2D eigenvalue weighted by molar-refractivity contribution is 5.84. The van der Waals surface area contributed by atoms with Gasteiger partial charge in [-0.25, -0.2) is 4.79 Å². The molecule has 0 aromatic heterocycles. The fourth-order valence-electron chi connectivity index (χ4n) is 2.19. The molecule has 1 amide bonds. The number of benzene rings is 1. The molecule has 0 unspecified atom stereocenters. The van der Waals surface area contributed by atoms with E-state index in [0.29, 0.717) is 25.7 Å². The van der Waals surface area contributed by atoms with Crippen LogP contribution in [-0.4, -0.2) is 36.5 Å². The van der Waals surface area contributed by atoms with Gasteiger partial charge < -0.3 is 9.64 Å². The van der Waals surface area contributed by atoms with Crippen molar-refractivity contribution in [1.29, 1.82) is 5.26 Å². The molecule has 0 N–H and O–H groups in total. The number of hydrogen-bond donors (Lipinski definition) is 0. The molecule has 0 radical (unpaired) electrons. The van der Waals surface area contributed by atoms with Crippen molar-refractivity contribution in [2.45, 2.75) is 31.7 Å². The topological polar surface area (TPSA) is 70.4 Å². The average Bonchev–Trinajstić information content (AvgIpc) is 2.58. The summed E-state index contributed by atoms with van der Waals surface area (Å²) in [4.78, 5) is 25.7. The average molecular weight is 314 g/mol. The number of likely N-dealkylation sites (N-methyl/N-ethyl adjacent to an activating group) is 1. The van der Waals surface area contributed by atoms with E-state index in [0.717, 1.165) is 5.56 Å². The van der Waals surface area contributed by atoms with Crippen LogP contribution < -0.4 is 0 Å². The first-order valence-corrected chi connectivity index (χ1v) is 7.54.